The Bertz CT molecular complexity index is 1220. The van der Waals surface area contributed by atoms with Gasteiger partial charge in [0.15, 0.2) is 11.5 Å². The van der Waals surface area contributed by atoms with E-state index in [1.807, 2.05) is 55.5 Å². The van der Waals surface area contributed by atoms with Crippen molar-refractivity contribution in [2.75, 3.05) is 12.4 Å². The van der Waals surface area contributed by atoms with Gasteiger partial charge in [0.2, 0.25) is 0 Å². The molecule has 4 aromatic carbocycles. The Morgan fingerprint density at radius 3 is 2.48 bits per heavy atom. The van der Waals surface area contributed by atoms with Crippen molar-refractivity contribution >= 4 is 39.7 Å². The van der Waals surface area contributed by atoms with Gasteiger partial charge in [-0.05, 0) is 58.7 Å². The maximum Gasteiger partial charge on any atom is 0.180 e. The molecule has 3 nitrogen and oxygen atoms in total. The summed E-state index contributed by atoms with van der Waals surface area (Å²) in [7, 11) is 1.62. The number of fused-ring (bicyclic) bond motifs is 1. The topological polar surface area (TPSA) is 30.5 Å². The third kappa shape index (κ3) is 4.73. The molecule has 0 aliphatic rings. The average molecular weight is 452 g/mol. The molecule has 4 rings (SSSR count). The van der Waals surface area contributed by atoms with Crippen LogP contribution in [0, 0.1) is 6.92 Å². The van der Waals surface area contributed by atoms with Gasteiger partial charge in [-0.15, -0.1) is 0 Å². The lowest BCUT2D eigenvalue weighted by atomic mass is 10.1. The Morgan fingerprint density at radius 1 is 0.871 bits per heavy atom. The number of nitrogens with one attached hydrogen (secondary N) is 1. The van der Waals surface area contributed by atoms with E-state index in [0.29, 0.717) is 29.7 Å². The quantitative estimate of drug-likeness (QED) is 0.312. The fraction of sp³-hybridized carbons (Fsp3) is 0.154. The molecule has 0 fully saturated rings. The zero-order valence-corrected chi connectivity index (χ0v) is 18.9. The fourth-order valence-electron chi connectivity index (χ4n) is 3.58. The predicted molar refractivity (Wildman–Crippen MR) is 130 cm³/mol. The van der Waals surface area contributed by atoms with E-state index < -0.39 is 0 Å². The molecule has 158 valence electrons. The molecule has 31 heavy (non-hydrogen) atoms. The van der Waals surface area contributed by atoms with Crippen LogP contribution in [0.2, 0.25) is 10.0 Å². The van der Waals surface area contributed by atoms with Crippen LogP contribution in [0.4, 0.5) is 5.69 Å². The van der Waals surface area contributed by atoms with E-state index in [0.717, 1.165) is 32.8 Å². The second-order valence-electron chi connectivity index (χ2n) is 7.30. The first kappa shape index (κ1) is 21.4. The minimum atomic E-state index is 0.400. The van der Waals surface area contributed by atoms with Gasteiger partial charge in [0.05, 0.1) is 12.1 Å². The number of hydrogen-bond donors (Lipinski definition) is 1. The van der Waals surface area contributed by atoms with Crippen LogP contribution in [0.1, 0.15) is 16.7 Å². The molecule has 0 saturated heterocycles. The minimum Gasteiger partial charge on any atom is -0.493 e. The summed E-state index contributed by atoms with van der Waals surface area (Å²) in [6, 6.07) is 24.1. The highest BCUT2D eigenvalue weighted by Crippen LogP contribution is 2.37. The molecule has 0 heterocycles. The van der Waals surface area contributed by atoms with Gasteiger partial charge < -0.3 is 14.8 Å². The van der Waals surface area contributed by atoms with E-state index in [9.17, 15) is 0 Å². The van der Waals surface area contributed by atoms with Crippen LogP contribution in [0.25, 0.3) is 10.8 Å². The van der Waals surface area contributed by atoms with Crippen molar-refractivity contribution in [3.05, 3.63) is 99.5 Å². The molecule has 0 bridgehead atoms. The number of methoxy groups -OCH3 is 1. The Balaban J connectivity index is 1.53. The summed E-state index contributed by atoms with van der Waals surface area (Å²) in [6.45, 7) is 2.97. The van der Waals surface area contributed by atoms with Crippen molar-refractivity contribution in [2.24, 2.45) is 0 Å². The molecule has 0 aliphatic carbocycles. The van der Waals surface area contributed by atoms with Crippen LogP contribution in [0.3, 0.4) is 0 Å². The summed E-state index contributed by atoms with van der Waals surface area (Å²) < 4.78 is 11.7. The largest absolute Gasteiger partial charge is 0.493 e. The summed E-state index contributed by atoms with van der Waals surface area (Å²) >= 11 is 12.8. The second-order valence-corrected chi connectivity index (χ2v) is 8.12. The molecule has 1 N–H and O–H groups in total. The molecule has 0 saturated carbocycles. The van der Waals surface area contributed by atoms with Crippen LogP contribution in [-0.4, -0.2) is 7.11 Å². The SMILES string of the molecule is COc1cc(CNc2cccc(Cl)c2C)cc(Cl)c1OCc1cccc2ccccc12. The van der Waals surface area contributed by atoms with E-state index in [1.54, 1.807) is 7.11 Å². The third-order valence-electron chi connectivity index (χ3n) is 5.29. The molecule has 0 aliphatic heterocycles. The minimum absolute atomic E-state index is 0.400. The molecule has 0 aromatic heterocycles. The monoisotopic (exact) mass is 451 g/mol. The maximum atomic E-state index is 6.58. The first-order valence-electron chi connectivity index (χ1n) is 10.0. The highest BCUT2D eigenvalue weighted by molar-refractivity contribution is 6.32. The molecular weight excluding hydrogens is 429 g/mol. The molecular formula is C26H23Cl2NO2. The molecule has 0 amide bonds. The Labute approximate surface area is 192 Å². The van der Waals surface area contributed by atoms with E-state index in [-0.39, 0.29) is 0 Å². The van der Waals surface area contributed by atoms with Gasteiger partial charge in [0.25, 0.3) is 0 Å². The second kappa shape index (κ2) is 9.51. The number of anilines is 1. The Hall–Kier alpha value is -2.88. The summed E-state index contributed by atoms with van der Waals surface area (Å²) in [6.07, 6.45) is 0. The number of rotatable bonds is 7. The van der Waals surface area contributed by atoms with Crippen molar-refractivity contribution in [1.82, 2.24) is 0 Å². The number of halogens is 2. The number of benzene rings is 4. The molecule has 0 spiro atoms. The molecule has 0 radical (unpaired) electrons. The lowest BCUT2D eigenvalue weighted by Gasteiger charge is -2.16. The maximum absolute atomic E-state index is 6.58. The first-order valence-corrected chi connectivity index (χ1v) is 10.8. The lowest BCUT2D eigenvalue weighted by molar-refractivity contribution is 0.285. The van der Waals surface area contributed by atoms with Crippen LogP contribution in [0.5, 0.6) is 11.5 Å². The third-order valence-corrected chi connectivity index (χ3v) is 5.98. The van der Waals surface area contributed by atoms with E-state index in [4.69, 9.17) is 32.7 Å². The van der Waals surface area contributed by atoms with E-state index >= 15 is 0 Å². The van der Waals surface area contributed by atoms with Gasteiger partial charge in [-0.1, -0.05) is 71.7 Å². The molecule has 5 heteroatoms. The van der Waals surface area contributed by atoms with Crippen molar-refractivity contribution in [2.45, 2.75) is 20.1 Å². The summed E-state index contributed by atoms with van der Waals surface area (Å²) in [4.78, 5) is 0. The zero-order valence-electron chi connectivity index (χ0n) is 17.4. The van der Waals surface area contributed by atoms with Crippen molar-refractivity contribution in [1.29, 1.82) is 0 Å². The fourth-order valence-corrected chi connectivity index (χ4v) is 4.04. The van der Waals surface area contributed by atoms with Gasteiger partial charge in [0.1, 0.15) is 6.61 Å². The van der Waals surface area contributed by atoms with Crippen LogP contribution < -0.4 is 14.8 Å². The highest BCUT2D eigenvalue weighted by atomic mass is 35.5. The Morgan fingerprint density at radius 2 is 1.65 bits per heavy atom. The van der Waals surface area contributed by atoms with Crippen LogP contribution in [-0.2, 0) is 13.2 Å². The summed E-state index contributed by atoms with van der Waals surface area (Å²) in [5.41, 5.74) is 4.08. The average Bonchev–Trinajstić information content (AvgIpc) is 2.79. The molecule has 0 unspecified atom stereocenters. The zero-order chi connectivity index (χ0) is 21.8. The standard InChI is InChI=1S/C26H23Cl2NO2/c1-17-22(27)11-6-12-24(17)29-15-18-13-23(28)26(25(14-18)30-2)31-16-20-9-5-8-19-7-3-4-10-21(19)20/h3-14,29H,15-16H2,1-2H3. The van der Waals surface area contributed by atoms with E-state index in [1.165, 1.54) is 5.39 Å². The van der Waals surface area contributed by atoms with Crippen LogP contribution >= 0.6 is 23.2 Å². The van der Waals surface area contributed by atoms with Gasteiger partial charge in [-0.25, -0.2) is 0 Å². The number of ether oxygens (including phenoxy) is 2. The van der Waals surface area contributed by atoms with E-state index in [2.05, 4.69) is 29.6 Å². The Kier molecular flexibility index (Phi) is 6.55. The van der Waals surface area contributed by atoms with Gasteiger partial charge >= 0.3 is 0 Å². The number of hydrogen-bond acceptors (Lipinski definition) is 3. The van der Waals surface area contributed by atoms with Crippen molar-refractivity contribution in [3.8, 4) is 11.5 Å². The first-order chi connectivity index (χ1) is 15.1. The van der Waals surface area contributed by atoms with Gasteiger partial charge in [-0.2, -0.15) is 0 Å². The highest BCUT2D eigenvalue weighted by Gasteiger charge is 2.13. The van der Waals surface area contributed by atoms with Gasteiger partial charge in [-0.3, -0.25) is 0 Å². The predicted octanol–water partition coefficient (Wildman–Crippen LogP) is 7.65. The van der Waals surface area contributed by atoms with Crippen molar-refractivity contribution in [3.63, 3.8) is 0 Å². The van der Waals surface area contributed by atoms with Crippen LogP contribution in [0.15, 0.2) is 72.8 Å². The van der Waals surface area contributed by atoms with Gasteiger partial charge in [0, 0.05) is 17.3 Å². The summed E-state index contributed by atoms with van der Waals surface area (Å²) in [5, 5.41) is 7.00. The lowest BCUT2D eigenvalue weighted by Crippen LogP contribution is -2.04. The molecule has 0 atom stereocenters. The smallest absolute Gasteiger partial charge is 0.180 e. The molecule has 4 aromatic rings. The van der Waals surface area contributed by atoms with Crippen molar-refractivity contribution < 1.29 is 9.47 Å². The normalized spacial score (nSPS) is 10.8. The summed E-state index contributed by atoms with van der Waals surface area (Å²) in [5.74, 6) is 1.15.